The van der Waals surface area contributed by atoms with Crippen molar-refractivity contribution in [3.8, 4) is 11.5 Å². The molecule has 1 heterocycles. The van der Waals surface area contributed by atoms with Crippen LogP contribution in [0.25, 0.3) is 0 Å². The molecule has 0 aliphatic carbocycles. The predicted molar refractivity (Wildman–Crippen MR) is 217 cm³/mol. The van der Waals surface area contributed by atoms with E-state index in [1.807, 2.05) is 125 Å². The van der Waals surface area contributed by atoms with Gasteiger partial charge in [0, 0.05) is 39.6 Å². The number of nitrogens with zero attached hydrogens (tertiary/aromatic N) is 3. The smallest absolute Gasteiger partial charge is 0.272 e. The van der Waals surface area contributed by atoms with Crippen molar-refractivity contribution in [2.75, 3.05) is 65.8 Å². The minimum absolute atomic E-state index is 0.00292. The van der Waals surface area contributed by atoms with Crippen molar-refractivity contribution in [2.45, 2.75) is 19.4 Å². The number of carbonyl (C=O) groups is 4. The summed E-state index contributed by atoms with van der Waals surface area (Å²) in [5.74, 6) is 1.25. The first-order valence-electron chi connectivity index (χ1n) is 17.0. The van der Waals surface area contributed by atoms with Crippen molar-refractivity contribution in [1.82, 2.24) is 20.6 Å². The Morgan fingerprint density at radius 1 is 0.759 bits per heavy atom. The highest BCUT2D eigenvalue weighted by molar-refractivity contribution is 5.99. The van der Waals surface area contributed by atoms with Crippen molar-refractivity contribution in [1.29, 1.82) is 0 Å². The number of methoxy groups -OCH3 is 2. The number of likely N-dealkylation sites (N-methyl/N-ethyl adjacent to an activating group) is 1. The van der Waals surface area contributed by atoms with Crippen LogP contribution >= 0.6 is 0 Å². The standard InChI is InChI=1S/C10H13NO.2C9H13NO.C7H7N3O3.C7H8/c1-11-10(8-12)7-9-5-3-2-4-6-9;2*1-10(2)8-4-6-9(11-3)7-5-8;11-2-1-8-7(13)6-5(3-12)9-4-10-6;1-7-5-3-2-4-6-7/h2-6,8,10-11H,7H2,1H3;2*4-7H,1-3H3;2-4H,1H2,(H,8,13)(H,9,10);2-6H,1H3. The van der Waals surface area contributed by atoms with Crippen molar-refractivity contribution < 1.29 is 28.7 Å². The lowest BCUT2D eigenvalue weighted by atomic mass is 10.1. The molecule has 0 radical (unpaired) electrons. The van der Waals surface area contributed by atoms with E-state index in [0.29, 0.717) is 12.6 Å². The molecule has 0 fully saturated rings. The number of H-pyrrole nitrogens is 1. The number of nitrogens with one attached hydrogen (secondary N) is 3. The number of aromatic amines is 1. The topological polar surface area (TPSA) is 146 Å². The summed E-state index contributed by atoms with van der Waals surface area (Å²) in [4.78, 5) is 52.1. The molecule has 0 aliphatic rings. The number of ether oxygens (including phenoxy) is 2. The quantitative estimate of drug-likeness (QED) is 0.137. The van der Waals surface area contributed by atoms with Crippen LogP contribution in [0.15, 0.2) is 116 Å². The van der Waals surface area contributed by atoms with Gasteiger partial charge in [-0.05, 0) is 74.5 Å². The lowest BCUT2D eigenvalue weighted by molar-refractivity contribution is -0.109. The van der Waals surface area contributed by atoms with E-state index in [9.17, 15) is 19.2 Å². The third kappa shape index (κ3) is 18.8. The average Bonchev–Trinajstić information content (AvgIpc) is 3.70. The predicted octanol–water partition coefficient (Wildman–Crippen LogP) is 5.68. The molecule has 12 heteroatoms. The summed E-state index contributed by atoms with van der Waals surface area (Å²) in [6, 6.07) is 36.1. The molecule has 0 bridgehead atoms. The van der Waals surface area contributed by atoms with Gasteiger partial charge < -0.3 is 44.5 Å². The van der Waals surface area contributed by atoms with Crippen molar-refractivity contribution in [3.63, 3.8) is 0 Å². The zero-order chi connectivity index (χ0) is 40.1. The van der Waals surface area contributed by atoms with E-state index in [2.05, 4.69) is 49.5 Å². The lowest BCUT2D eigenvalue weighted by Crippen LogP contribution is -2.28. The number of anilines is 2. The summed E-state index contributed by atoms with van der Waals surface area (Å²) < 4.78 is 10.1. The first kappa shape index (κ1) is 45.8. The molecule has 1 aromatic heterocycles. The molecule has 54 heavy (non-hydrogen) atoms. The molecule has 0 aliphatic heterocycles. The minimum Gasteiger partial charge on any atom is -0.497 e. The lowest BCUT2D eigenvalue weighted by Gasteiger charge is -2.11. The van der Waals surface area contributed by atoms with E-state index in [1.54, 1.807) is 21.3 Å². The third-order valence-corrected chi connectivity index (χ3v) is 7.30. The van der Waals surface area contributed by atoms with E-state index in [0.717, 1.165) is 24.2 Å². The Hall–Kier alpha value is -6.27. The highest BCUT2D eigenvalue weighted by Crippen LogP contribution is 2.17. The Labute approximate surface area is 319 Å². The highest BCUT2D eigenvalue weighted by Gasteiger charge is 2.12. The number of amides is 1. The second-order valence-corrected chi connectivity index (χ2v) is 11.7. The molecular formula is C42H54N6O6. The second kappa shape index (κ2) is 27.4. The Balaban J connectivity index is 0.000000341. The number of benzene rings is 4. The van der Waals surface area contributed by atoms with Gasteiger partial charge in [0.1, 0.15) is 29.8 Å². The van der Waals surface area contributed by atoms with Crippen LogP contribution in [-0.4, -0.2) is 96.8 Å². The Morgan fingerprint density at radius 2 is 1.24 bits per heavy atom. The Morgan fingerprint density at radius 3 is 1.59 bits per heavy atom. The number of hydrogen-bond donors (Lipinski definition) is 3. The molecule has 1 unspecified atom stereocenters. The number of carbonyl (C=O) groups excluding carboxylic acids is 4. The second-order valence-electron chi connectivity index (χ2n) is 11.7. The van der Waals surface area contributed by atoms with E-state index < -0.39 is 5.91 Å². The summed E-state index contributed by atoms with van der Waals surface area (Å²) in [6.45, 7) is 1.99. The zero-order valence-electron chi connectivity index (χ0n) is 32.5. The first-order valence-corrected chi connectivity index (χ1v) is 17.0. The van der Waals surface area contributed by atoms with Gasteiger partial charge in [-0.2, -0.15) is 0 Å². The van der Waals surface area contributed by atoms with Gasteiger partial charge in [-0.3, -0.25) is 9.59 Å². The van der Waals surface area contributed by atoms with Crippen LogP contribution in [0.3, 0.4) is 0 Å². The molecule has 12 nitrogen and oxygen atoms in total. The molecule has 1 amide bonds. The summed E-state index contributed by atoms with van der Waals surface area (Å²) in [7, 11) is 13.2. The largest absolute Gasteiger partial charge is 0.497 e. The first-order chi connectivity index (χ1) is 26.0. The normalized spacial score (nSPS) is 9.93. The summed E-state index contributed by atoms with van der Waals surface area (Å²) in [5.41, 5.74) is 4.98. The maximum Gasteiger partial charge on any atom is 0.272 e. The molecule has 5 rings (SSSR count). The van der Waals surface area contributed by atoms with Gasteiger partial charge in [0.25, 0.3) is 5.91 Å². The molecule has 1 atom stereocenters. The van der Waals surface area contributed by atoms with Gasteiger partial charge in [-0.25, -0.2) is 4.98 Å². The molecule has 0 spiro atoms. The van der Waals surface area contributed by atoms with Crippen LogP contribution in [-0.2, 0) is 16.0 Å². The van der Waals surface area contributed by atoms with Gasteiger partial charge in [-0.1, -0.05) is 66.2 Å². The minimum atomic E-state index is -0.546. The molecular weight excluding hydrogens is 684 g/mol. The summed E-state index contributed by atoms with van der Waals surface area (Å²) in [6.07, 6.45) is 3.97. The zero-order valence-corrected chi connectivity index (χ0v) is 32.5. The fourth-order valence-electron chi connectivity index (χ4n) is 4.17. The van der Waals surface area contributed by atoms with Crippen LogP contribution in [0, 0.1) is 6.92 Å². The fraction of sp³-hybridized carbons (Fsp3) is 0.262. The molecule has 3 N–H and O–H groups in total. The highest BCUT2D eigenvalue weighted by atomic mass is 16.5. The Bertz CT molecular complexity index is 1680. The van der Waals surface area contributed by atoms with Gasteiger partial charge >= 0.3 is 0 Å². The van der Waals surface area contributed by atoms with Gasteiger partial charge in [-0.15, -0.1) is 0 Å². The van der Waals surface area contributed by atoms with Crippen LogP contribution in [0.5, 0.6) is 11.5 Å². The van der Waals surface area contributed by atoms with Crippen molar-refractivity contribution in [2.24, 2.45) is 0 Å². The molecule has 0 saturated carbocycles. The van der Waals surface area contributed by atoms with Crippen LogP contribution in [0.1, 0.15) is 32.1 Å². The van der Waals surface area contributed by atoms with Gasteiger partial charge in [0.05, 0.1) is 33.1 Å². The van der Waals surface area contributed by atoms with E-state index in [4.69, 9.17) is 9.47 Å². The number of rotatable bonds is 12. The van der Waals surface area contributed by atoms with Crippen molar-refractivity contribution >= 4 is 36.1 Å². The molecule has 5 aromatic rings. The molecule has 4 aromatic carbocycles. The SMILES string of the molecule is CNC(C=O)Cc1ccccc1.COc1ccc(N(C)C)cc1.COc1ccc(N(C)C)cc1.Cc1ccccc1.O=CCNC(=O)c1nc[nH]c1C=O. The van der Waals surface area contributed by atoms with Crippen LogP contribution in [0.2, 0.25) is 0 Å². The van der Waals surface area contributed by atoms with Gasteiger partial charge in [0.15, 0.2) is 12.0 Å². The van der Waals surface area contributed by atoms with E-state index >= 15 is 0 Å². The van der Waals surface area contributed by atoms with Crippen LogP contribution < -0.4 is 29.9 Å². The number of aryl methyl sites for hydroxylation is 1. The maximum atomic E-state index is 11.1. The number of imidazole rings is 1. The van der Waals surface area contributed by atoms with Crippen molar-refractivity contribution in [3.05, 3.63) is 138 Å². The fourth-order valence-corrected chi connectivity index (χ4v) is 4.17. The number of aromatic nitrogens is 2. The molecule has 288 valence electrons. The average molecular weight is 739 g/mol. The van der Waals surface area contributed by atoms with Gasteiger partial charge in [0.2, 0.25) is 0 Å². The number of hydrogen-bond acceptors (Lipinski definition) is 10. The Kier molecular flexibility index (Phi) is 23.2. The third-order valence-electron chi connectivity index (χ3n) is 7.30. The summed E-state index contributed by atoms with van der Waals surface area (Å²) >= 11 is 0. The number of aldehydes is 3. The van der Waals surface area contributed by atoms with E-state index in [-0.39, 0.29) is 24.0 Å². The summed E-state index contributed by atoms with van der Waals surface area (Å²) in [5, 5.41) is 5.19. The monoisotopic (exact) mass is 738 g/mol. The van der Waals surface area contributed by atoms with Crippen LogP contribution in [0.4, 0.5) is 11.4 Å². The maximum absolute atomic E-state index is 11.1. The molecule has 0 saturated heterocycles. The van der Waals surface area contributed by atoms with E-state index in [1.165, 1.54) is 28.8 Å².